The molecule has 0 heterocycles. The van der Waals surface area contributed by atoms with E-state index in [0.717, 1.165) is 0 Å². The Balaban J connectivity index is 4.20. The van der Waals surface area contributed by atoms with Gasteiger partial charge in [-0.25, -0.2) is 0 Å². The van der Waals surface area contributed by atoms with Crippen LogP contribution in [0.1, 0.15) is 20.8 Å². The van der Waals surface area contributed by atoms with E-state index < -0.39 is 5.97 Å². The highest BCUT2D eigenvalue weighted by Gasteiger charge is 2.16. The van der Waals surface area contributed by atoms with Crippen LogP contribution in [0.5, 0.6) is 0 Å². The molecule has 4 nitrogen and oxygen atoms in total. The van der Waals surface area contributed by atoms with Crippen molar-refractivity contribution < 1.29 is 9.90 Å². The summed E-state index contributed by atoms with van der Waals surface area (Å²) in [5, 5.41) is 17.2. The van der Waals surface area contributed by atoms with Crippen molar-refractivity contribution in [1.29, 1.82) is 5.26 Å². The molecular formula is C9H16N2O2. The molecule has 1 N–H and O–H groups in total. The van der Waals surface area contributed by atoms with E-state index in [1.165, 1.54) is 0 Å². The van der Waals surface area contributed by atoms with Crippen LogP contribution in [0.4, 0.5) is 0 Å². The highest BCUT2D eigenvalue weighted by molar-refractivity contribution is 5.69. The summed E-state index contributed by atoms with van der Waals surface area (Å²) in [5.74, 6) is -0.516. The van der Waals surface area contributed by atoms with Crippen molar-refractivity contribution >= 4 is 5.97 Å². The van der Waals surface area contributed by atoms with E-state index in [9.17, 15) is 4.79 Å². The molecule has 0 rings (SSSR count). The number of aliphatic carboxylic acids is 1. The topological polar surface area (TPSA) is 64.3 Å². The van der Waals surface area contributed by atoms with Crippen LogP contribution < -0.4 is 0 Å². The lowest BCUT2D eigenvalue weighted by molar-refractivity contribution is -0.138. The first-order valence-electron chi connectivity index (χ1n) is 4.32. The molecule has 13 heavy (non-hydrogen) atoms. The molecule has 0 aliphatic carbocycles. The zero-order valence-electron chi connectivity index (χ0n) is 8.32. The smallest absolute Gasteiger partial charge is 0.317 e. The summed E-state index contributed by atoms with van der Waals surface area (Å²) in [7, 11) is 0. The predicted octanol–water partition coefficient (Wildman–Crippen LogP) is 0.941. The molecule has 0 saturated heterocycles. The van der Waals surface area contributed by atoms with Crippen molar-refractivity contribution in [1.82, 2.24) is 4.90 Å². The molecular weight excluding hydrogens is 168 g/mol. The highest BCUT2D eigenvalue weighted by Crippen LogP contribution is 2.03. The summed E-state index contributed by atoms with van der Waals surface area (Å²) in [6.07, 6.45) is 0. The van der Waals surface area contributed by atoms with E-state index in [4.69, 9.17) is 10.4 Å². The molecule has 0 saturated carbocycles. The lowest BCUT2D eigenvalue weighted by Gasteiger charge is -2.24. The molecule has 74 valence electrons. The van der Waals surface area contributed by atoms with Crippen LogP contribution >= 0.6 is 0 Å². The maximum absolute atomic E-state index is 10.5. The maximum Gasteiger partial charge on any atom is 0.317 e. The average Bonchev–Trinajstić information content (AvgIpc) is 2.00. The van der Waals surface area contributed by atoms with Crippen molar-refractivity contribution in [3.63, 3.8) is 0 Å². The third-order valence-corrected chi connectivity index (χ3v) is 1.67. The molecule has 0 spiro atoms. The van der Waals surface area contributed by atoms with Gasteiger partial charge in [-0.15, -0.1) is 0 Å². The molecule has 0 radical (unpaired) electrons. The zero-order chi connectivity index (χ0) is 10.4. The largest absolute Gasteiger partial charge is 0.480 e. The van der Waals surface area contributed by atoms with Gasteiger partial charge in [0.2, 0.25) is 0 Å². The SMILES string of the molecule is CC(C)CN(CC(=O)O)C(C)C#N. The number of nitriles is 1. The van der Waals surface area contributed by atoms with Crippen LogP contribution in [0.2, 0.25) is 0 Å². The zero-order valence-corrected chi connectivity index (χ0v) is 8.32. The summed E-state index contributed by atoms with van der Waals surface area (Å²) >= 11 is 0. The number of carboxylic acids is 1. The Hall–Kier alpha value is -1.08. The van der Waals surface area contributed by atoms with Gasteiger partial charge in [0.15, 0.2) is 0 Å². The second-order valence-electron chi connectivity index (χ2n) is 3.52. The van der Waals surface area contributed by atoms with E-state index in [1.807, 2.05) is 19.9 Å². The summed E-state index contributed by atoms with van der Waals surface area (Å²) in [6.45, 7) is 6.29. The fourth-order valence-electron chi connectivity index (χ4n) is 1.08. The summed E-state index contributed by atoms with van der Waals surface area (Å²) in [5.41, 5.74) is 0. The van der Waals surface area contributed by atoms with Crippen LogP contribution in [0.3, 0.4) is 0 Å². The Morgan fingerprint density at radius 2 is 2.08 bits per heavy atom. The average molecular weight is 184 g/mol. The molecule has 4 heteroatoms. The minimum absolute atomic E-state index is 0.0626. The fraction of sp³-hybridized carbons (Fsp3) is 0.778. The number of carboxylic acid groups (broad SMARTS) is 1. The lowest BCUT2D eigenvalue weighted by Crippen LogP contribution is -2.38. The minimum atomic E-state index is -0.886. The van der Waals surface area contributed by atoms with Crippen LogP contribution in [0.15, 0.2) is 0 Å². The van der Waals surface area contributed by atoms with Crippen molar-refractivity contribution in [2.45, 2.75) is 26.8 Å². The van der Waals surface area contributed by atoms with Crippen LogP contribution in [-0.2, 0) is 4.79 Å². The molecule has 0 aromatic rings. The third-order valence-electron chi connectivity index (χ3n) is 1.67. The molecule has 0 aromatic heterocycles. The molecule has 0 aliphatic rings. The van der Waals surface area contributed by atoms with Gasteiger partial charge in [-0.2, -0.15) is 5.26 Å². The minimum Gasteiger partial charge on any atom is -0.480 e. The molecule has 0 aromatic carbocycles. The monoisotopic (exact) mass is 184 g/mol. The van der Waals surface area contributed by atoms with E-state index in [0.29, 0.717) is 12.5 Å². The van der Waals surface area contributed by atoms with Gasteiger partial charge in [0.1, 0.15) is 0 Å². The van der Waals surface area contributed by atoms with Crippen molar-refractivity contribution in [2.24, 2.45) is 5.92 Å². The molecule has 1 atom stereocenters. The van der Waals surface area contributed by atoms with E-state index in [2.05, 4.69) is 0 Å². The number of hydrogen-bond donors (Lipinski definition) is 1. The van der Waals surface area contributed by atoms with Gasteiger partial charge in [-0.05, 0) is 12.8 Å². The first-order chi connectivity index (χ1) is 5.97. The molecule has 0 aliphatic heterocycles. The number of rotatable bonds is 5. The van der Waals surface area contributed by atoms with Crippen LogP contribution in [0, 0.1) is 17.2 Å². The summed E-state index contributed by atoms with van der Waals surface area (Å²) in [4.78, 5) is 12.1. The Labute approximate surface area is 78.8 Å². The van der Waals surface area contributed by atoms with Gasteiger partial charge >= 0.3 is 5.97 Å². The summed E-state index contributed by atoms with van der Waals surface area (Å²) < 4.78 is 0. The van der Waals surface area contributed by atoms with Crippen molar-refractivity contribution in [3.05, 3.63) is 0 Å². The first-order valence-corrected chi connectivity index (χ1v) is 4.32. The summed E-state index contributed by atoms with van der Waals surface area (Å²) in [6, 6.07) is 1.70. The normalized spacial score (nSPS) is 12.9. The van der Waals surface area contributed by atoms with Gasteiger partial charge in [0.05, 0.1) is 18.7 Å². The van der Waals surface area contributed by atoms with Gasteiger partial charge in [-0.1, -0.05) is 13.8 Å². The van der Waals surface area contributed by atoms with Gasteiger partial charge in [0.25, 0.3) is 0 Å². The van der Waals surface area contributed by atoms with E-state index in [-0.39, 0.29) is 12.6 Å². The Bertz CT molecular complexity index is 208. The Morgan fingerprint density at radius 3 is 2.38 bits per heavy atom. The molecule has 1 unspecified atom stereocenters. The molecule has 0 bridgehead atoms. The highest BCUT2D eigenvalue weighted by atomic mass is 16.4. The lowest BCUT2D eigenvalue weighted by atomic mass is 10.2. The van der Waals surface area contributed by atoms with E-state index >= 15 is 0 Å². The van der Waals surface area contributed by atoms with Crippen LogP contribution in [-0.4, -0.2) is 35.1 Å². The Morgan fingerprint density at radius 1 is 1.54 bits per heavy atom. The van der Waals surface area contributed by atoms with Crippen LogP contribution in [0.25, 0.3) is 0 Å². The second kappa shape index (κ2) is 5.55. The standard InChI is InChI=1S/C9H16N2O2/c1-7(2)5-11(6-9(12)13)8(3)4-10/h7-8H,5-6H2,1-3H3,(H,12,13). The quantitative estimate of drug-likeness (QED) is 0.690. The van der Waals surface area contributed by atoms with Gasteiger partial charge in [0, 0.05) is 6.54 Å². The van der Waals surface area contributed by atoms with Gasteiger partial charge in [-0.3, -0.25) is 9.69 Å². The third kappa shape index (κ3) is 5.21. The number of hydrogen-bond acceptors (Lipinski definition) is 3. The predicted molar refractivity (Wildman–Crippen MR) is 49.1 cm³/mol. The fourth-order valence-corrected chi connectivity index (χ4v) is 1.08. The van der Waals surface area contributed by atoms with Gasteiger partial charge < -0.3 is 5.11 Å². The number of carbonyl (C=O) groups is 1. The maximum atomic E-state index is 10.5. The second-order valence-corrected chi connectivity index (χ2v) is 3.52. The molecule has 0 amide bonds. The first kappa shape index (κ1) is 11.9. The molecule has 0 fully saturated rings. The van der Waals surface area contributed by atoms with Crippen molar-refractivity contribution in [2.75, 3.05) is 13.1 Å². The van der Waals surface area contributed by atoms with E-state index in [1.54, 1.807) is 11.8 Å². The van der Waals surface area contributed by atoms with Crippen molar-refractivity contribution in [3.8, 4) is 6.07 Å². The number of nitrogens with zero attached hydrogens (tertiary/aromatic N) is 2. The Kier molecular flexibility index (Phi) is 5.09.